The van der Waals surface area contributed by atoms with Crippen LogP contribution >= 0.6 is 0 Å². The first-order valence-corrected chi connectivity index (χ1v) is 9.00. The molecule has 0 fully saturated rings. The maximum absolute atomic E-state index is 12.3. The van der Waals surface area contributed by atoms with Gasteiger partial charge in [0, 0.05) is 13.0 Å². The van der Waals surface area contributed by atoms with Crippen molar-refractivity contribution >= 4 is 10.1 Å². The van der Waals surface area contributed by atoms with Crippen LogP contribution in [0, 0.1) is 5.92 Å². The lowest BCUT2D eigenvalue weighted by Gasteiger charge is -2.22. The Morgan fingerprint density at radius 3 is 2.46 bits per heavy atom. The predicted octanol–water partition coefficient (Wildman–Crippen LogP) is 4.14. The molecule has 0 N–H and O–H groups in total. The zero-order valence-electron chi connectivity index (χ0n) is 13.0. The highest BCUT2D eigenvalue weighted by molar-refractivity contribution is 7.87. The van der Waals surface area contributed by atoms with E-state index in [1.165, 1.54) is 6.08 Å². The minimum atomic E-state index is -5.56. The molecule has 1 aromatic carbocycles. The van der Waals surface area contributed by atoms with Crippen LogP contribution in [-0.4, -0.2) is 20.5 Å². The zero-order valence-corrected chi connectivity index (χ0v) is 13.8. The summed E-state index contributed by atoms with van der Waals surface area (Å²) in [5, 5.41) is 0. The van der Waals surface area contributed by atoms with Crippen molar-refractivity contribution < 1.29 is 30.5 Å². The third-order valence-corrected chi connectivity index (χ3v) is 4.76. The lowest BCUT2D eigenvalue weighted by molar-refractivity contribution is -0.0524. The van der Waals surface area contributed by atoms with Gasteiger partial charge < -0.3 is 8.92 Å². The summed E-state index contributed by atoms with van der Waals surface area (Å²) in [6, 6.07) is 9.72. The maximum atomic E-state index is 12.3. The van der Waals surface area contributed by atoms with Gasteiger partial charge in [0.2, 0.25) is 0 Å². The normalized spacial score (nSPS) is 19.0. The Labute approximate surface area is 139 Å². The van der Waals surface area contributed by atoms with E-state index in [0.29, 0.717) is 26.1 Å². The molecule has 0 radical (unpaired) electrons. The summed E-state index contributed by atoms with van der Waals surface area (Å²) in [6.07, 6.45) is 3.43. The van der Waals surface area contributed by atoms with Crippen molar-refractivity contribution in [2.45, 2.75) is 37.8 Å². The van der Waals surface area contributed by atoms with Crippen molar-refractivity contribution in [3.05, 3.63) is 47.7 Å². The second-order valence-corrected chi connectivity index (χ2v) is 7.16. The summed E-state index contributed by atoms with van der Waals surface area (Å²) in [5.41, 5.74) is -4.32. The number of hydrogen-bond donors (Lipinski definition) is 0. The minimum Gasteiger partial charge on any atom is -0.381 e. The lowest BCUT2D eigenvalue weighted by atomic mass is 9.91. The predicted molar refractivity (Wildman–Crippen MR) is 82.2 cm³/mol. The van der Waals surface area contributed by atoms with E-state index in [9.17, 15) is 21.6 Å². The Balaban J connectivity index is 1.71. The van der Waals surface area contributed by atoms with Crippen molar-refractivity contribution in [1.82, 2.24) is 0 Å². The Morgan fingerprint density at radius 1 is 1.17 bits per heavy atom. The summed E-state index contributed by atoms with van der Waals surface area (Å²) in [7, 11) is -5.56. The van der Waals surface area contributed by atoms with Gasteiger partial charge in [-0.15, -0.1) is 0 Å². The zero-order chi connectivity index (χ0) is 17.6. The smallest absolute Gasteiger partial charge is 0.381 e. The number of rotatable bonds is 7. The fourth-order valence-corrected chi connectivity index (χ4v) is 2.93. The lowest BCUT2D eigenvalue weighted by Crippen LogP contribution is -2.26. The van der Waals surface area contributed by atoms with Gasteiger partial charge in [0.05, 0.1) is 6.61 Å². The molecule has 2 rings (SSSR count). The largest absolute Gasteiger partial charge is 0.534 e. The van der Waals surface area contributed by atoms with Crippen molar-refractivity contribution in [3.63, 3.8) is 0 Å². The van der Waals surface area contributed by atoms with Gasteiger partial charge in [-0.3, -0.25) is 0 Å². The highest BCUT2D eigenvalue weighted by Crippen LogP contribution is 2.32. The van der Waals surface area contributed by atoms with Gasteiger partial charge in [-0.1, -0.05) is 30.3 Å². The third kappa shape index (κ3) is 5.52. The fraction of sp³-hybridized carbons (Fsp3) is 0.500. The van der Waals surface area contributed by atoms with Gasteiger partial charge in [0.1, 0.15) is 5.76 Å². The van der Waals surface area contributed by atoms with Crippen molar-refractivity contribution in [3.8, 4) is 0 Å². The third-order valence-electron chi connectivity index (χ3n) is 3.76. The van der Waals surface area contributed by atoms with Crippen LogP contribution in [0.25, 0.3) is 0 Å². The molecule has 24 heavy (non-hydrogen) atoms. The van der Waals surface area contributed by atoms with Gasteiger partial charge in [-0.05, 0) is 36.8 Å². The van der Waals surface area contributed by atoms with E-state index in [2.05, 4.69) is 4.18 Å². The fourth-order valence-electron chi connectivity index (χ4n) is 2.40. The molecule has 0 spiro atoms. The quantitative estimate of drug-likeness (QED) is 0.414. The van der Waals surface area contributed by atoms with Crippen molar-refractivity contribution in [2.24, 2.45) is 5.92 Å². The van der Waals surface area contributed by atoms with Gasteiger partial charge in [-0.25, -0.2) is 0 Å². The molecule has 1 atom stereocenters. The van der Waals surface area contributed by atoms with Crippen LogP contribution in [0.1, 0.15) is 31.2 Å². The molecule has 0 amide bonds. The number of hydrogen-bond acceptors (Lipinski definition) is 4. The highest BCUT2D eigenvalue weighted by Gasteiger charge is 2.48. The van der Waals surface area contributed by atoms with Crippen LogP contribution < -0.4 is 0 Å². The molecule has 0 bridgehead atoms. The first-order chi connectivity index (χ1) is 11.3. The Hall–Kier alpha value is -1.54. The van der Waals surface area contributed by atoms with Crippen LogP contribution in [0.5, 0.6) is 0 Å². The Morgan fingerprint density at radius 2 is 1.88 bits per heavy atom. The van der Waals surface area contributed by atoms with Crippen LogP contribution in [0.15, 0.2) is 42.2 Å². The monoisotopic (exact) mass is 364 g/mol. The molecular weight excluding hydrogens is 345 g/mol. The summed E-state index contributed by atoms with van der Waals surface area (Å²) >= 11 is 0. The highest BCUT2D eigenvalue weighted by atomic mass is 32.2. The SMILES string of the molecule is O=S(=O)(OC1=CCC(CCOCc2ccccc2)CC1)C(F)(F)F. The molecule has 1 aliphatic rings. The van der Waals surface area contributed by atoms with E-state index in [-0.39, 0.29) is 18.1 Å². The van der Waals surface area contributed by atoms with Gasteiger partial charge in [0.25, 0.3) is 0 Å². The first kappa shape index (κ1) is 18.8. The second kappa shape index (κ2) is 8.02. The second-order valence-electron chi connectivity index (χ2n) is 5.62. The minimum absolute atomic E-state index is 0.131. The van der Waals surface area contributed by atoms with Crippen LogP contribution in [-0.2, 0) is 25.6 Å². The Bertz CT molecular complexity index is 654. The molecule has 1 aliphatic carbocycles. The van der Waals surface area contributed by atoms with Crippen LogP contribution in [0.2, 0.25) is 0 Å². The number of halogens is 3. The van der Waals surface area contributed by atoms with Gasteiger partial charge in [0.15, 0.2) is 0 Å². The molecule has 134 valence electrons. The molecule has 4 nitrogen and oxygen atoms in total. The topological polar surface area (TPSA) is 52.6 Å². The summed E-state index contributed by atoms with van der Waals surface area (Å²) < 4.78 is 68.4. The van der Waals surface area contributed by atoms with E-state index in [0.717, 1.165) is 12.0 Å². The number of alkyl halides is 3. The summed E-state index contributed by atoms with van der Waals surface area (Å²) in [5.74, 6) is 0.121. The number of benzene rings is 1. The van der Waals surface area contributed by atoms with E-state index < -0.39 is 15.6 Å². The molecule has 0 heterocycles. The average molecular weight is 364 g/mol. The average Bonchev–Trinajstić information content (AvgIpc) is 2.53. The molecule has 1 unspecified atom stereocenters. The summed E-state index contributed by atoms with van der Waals surface area (Å²) in [6.45, 7) is 1.06. The van der Waals surface area contributed by atoms with Gasteiger partial charge >= 0.3 is 15.6 Å². The van der Waals surface area contributed by atoms with E-state index >= 15 is 0 Å². The molecular formula is C16H19F3O4S. The molecule has 8 heteroatoms. The summed E-state index contributed by atoms with van der Waals surface area (Å²) in [4.78, 5) is 0. The van der Waals surface area contributed by atoms with E-state index in [1.54, 1.807) is 0 Å². The van der Waals surface area contributed by atoms with Crippen molar-refractivity contribution in [2.75, 3.05) is 6.61 Å². The van der Waals surface area contributed by atoms with E-state index in [1.807, 2.05) is 30.3 Å². The molecule has 1 aromatic rings. The van der Waals surface area contributed by atoms with Gasteiger partial charge in [-0.2, -0.15) is 21.6 Å². The van der Waals surface area contributed by atoms with E-state index in [4.69, 9.17) is 4.74 Å². The first-order valence-electron chi connectivity index (χ1n) is 7.59. The molecule has 0 aromatic heterocycles. The number of allylic oxidation sites excluding steroid dienone is 2. The van der Waals surface area contributed by atoms with Crippen LogP contribution in [0.3, 0.4) is 0 Å². The Kier molecular flexibility index (Phi) is 6.28. The van der Waals surface area contributed by atoms with Crippen molar-refractivity contribution in [1.29, 1.82) is 0 Å². The molecule has 0 aliphatic heterocycles. The maximum Gasteiger partial charge on any atom is 0.534 e. The number of ether oxygens (including phenoxy) is 1. The standard InChI is InChI=1S/C16H19F3O4S/c17-16(18,19)24(20,21)23-15-8-6-13(7-9-15)10-11-22-12-14-4-2-1-3-5-14/h1-5,8,13H,6-7,9-12H2. The molecule has 0 saturated heterocycles. The molecule has 0 saturated carbocycles. The van der Waals surface area contributed by atoms with Crippen LogP contribution in [0.4, 0.5) is 13.2 Å².